The van der Waals surface area contributed by atoms with E-state index in [1.807, 2.05) is 6.92 Å². The van der Waals surface area contributed by atoms with Gasteiger partial charge in [0.15, 0.2) is 0 Å². The molecular weight excluding hydrogens is 274 g/mol. The van der Waals surface area contributed by atoms with Crippen molar-refractivity contribution < 1.29 is 9.53 Å². The predicted molar refractivity (Wildman–Crippen MR) is 76.3 cm³/mol. The fraction of sp³-hybridized carbons (Fsp3) is 0.385. The number of carbonyl (C=O) groups is 1. The lowest BCUT2D eigenvalue weighted by Gasteiger charge is -2.07. The van der Waals surface area contributed by atoms with Gasteiger partial charge in [-0.2, -0.15) is 10.2 Å². The molecule has 8 nitrogen and oxygen atoms in total. The number of anilines is 1. The maximum atomic E-state index is 12.1. The monoisotopic (exact) mass is 291 g/mol. The van der Waals surface area contributed by atoms with Crippen molar-refractivity contribution in [1.82, 2.24) is 20.0 Å². The summed E-state index contributed by atoms with van der Waals surface area (Å²) in [5, 5.41) is 13.3. The predicted octanol–water partition coefficient (Wildman–Crippen LogP) is 0.427. The Balaban J connectivity index is 2.17. The van der Waals surface area contributed by atoms with E-state index >= 15 is 0 Å². The summed E-state index contributed by atoms with van der Waals surface area (Å²) in [6, 6.07) is 2.70. The Hall–Kier alpha value is -2.48. The number of ether oxygens (including phenoxy) is 1. The molecule has 2 aromatic rings. The largest absolute Gasteiger partial charge is 0.383 e. The first kappa shape index (κ1) is 14.9. The lowest BCUT2D eigenvalue weighted by molar-refractivity contribution is 0.101. The SMILES string of the molecule is CCc1cn[nH]c1NC(=O)c1ccc(=O)n(CCOC)n1. The van der Waals surface area contributed by atoms with Gasteiger partial charge >= 0.3 is 0 Å². The van der Waals surface area contributed by atoms with Gasteiger partial charge in [-0.1, -0.05) is 6.92 Å². The van der Waals surface area contributed by atoms with Crippen molar-refractivity contribution in [3.05, 3.63) is 39.9 Å². The molecule has 0 bridgehead atoms. The van der Waals surface area contributed by atoms with E-state index in [0.29, 0.717) is 19.0 Å². The van der Waals surface area contributed by atoms with Crippen LogP contribution in [-0.4, -0.2) is 39.6 Å². The lowest BCUT2D eigenvalue weighted by atomic mass is 10.2. The molecule has 21 heavy (non-hydrogen) atoms. The number of nitrogens with one attached hydrogen (secondary N) is 2. The molecule has 0 aromatic carbocycles. The third-order valence-electron chi connectivity index (χ3n) is 2.94. The fourth-order valence-corrected chi connectivity index (χ4v) is 1.77. The summed E-state index contributed by atoms with van der Waals surface area (Å²) in [7, 11) is 1.53. The quantitative estimate of drug-likeness (QED) is 0.803. The van der Waals surface area contributed by atoms with Crippen LogP contribution < -0.4 is 10.9 Å². The number of aromatic nitrogens is 4. The molecule has 0 radical (unpaired) electrons. The van der Waals surface area contributed by atoms with Crippen LogP contribution in [0.1, 0.15) is 23.0 Å². The average molecular weight is 291 g/mol. The number of aromatic amines is 1. The molecule has 0 spiro atoms. The number of hydrogen-bond donors (Lipinski definition) is 2. The van der Waals surface area contributed by atoms with Gasteiger partial charge in [-0.05, 0) is 12.5 Å². The molecule has 8 heteroatoms. The van der Waals surface area contributed by atoms with E-state index in [1.165, 1.54) is 23.9 Å². The van der Waals surface area contributed by atoms with Gasteiger partial charge in [0.25, 0.3) is 11.5 Å². The zero-order valence-corrected chi connectivity index (χ0v) is 11.9. The van der Waals surface area contributed by atoms with E-state index in [9.17, 15) is 9.59 Å². The zero-order valence-electron chi connectivity index (χ0n) is 11.9. The van der Waals surface area contributed by atoms with E-state index < -0.39 is 5.91 Å². The van der Waals surface area contributed by atoms with Crippen LogP contribution in [0.4, 0.5) is 5.82 Å². The Morgan fingerprint density at radius 2 is 2.29 bits per heavy atom. The van der Waals surface area contributed by atoms with Crippen molar-refractivity contribution in [3.8, 4) is 0 Å². The Bertz CT molecular complexity index is 676. The van der Waals surface area contributed by atoms with Gasteiger partial charge in [0, 0.05) is 18.7 Å². The average Bonchev–Trinajstić information content (AvgIpc) is 2.93. The number of methoxy groups -OCH3 is 1. The highest BCUT2D eigenvalue weighted by atomic mass is 16.5. The van der Waals surface area contributed by atoms with Crippen LogP contribution >= 0.6 is 0 Å². The second-order valence-electron chi connectivity index (χ2n) is 4.35. The zero-order chi connectivity index (χ0) is 15.2. The number of nitrogens with zero attached hydrogens (tertiary/aromatic N) is 3. The molecule has 2 N–H and O–H groups in total. The van der Waals surface area contributed by atoms with E-state index in [-0.39, 0.29) is 11.3 Å². The molecule has 0 saturated heterocycles. The summed E-state index contributed by atoms with van der Waals surface area (Å²) >= 11 is 0. The summed E-state index contributed by atoms with van der Waals surface area (Å²) in [5.41, 5.74) is 0.776. The third-order valence-corrected chi connectivity index (χ3v) is 2.94. The molecule has 0 aliphatic rings. The normalized spacial score (nSPS) is 10.6. The minimum Gasteiger partial charge on any atom is -0.383 e. The Morgan fingerprint density at radius 3 is 3.00 bits per heavy atom. The van der Waals surface area contributed by atoms with Crippen molar-refractivity contribution in [2.45, 2.75) is 19.9 Å². The van der Waals surface area contributed by atoms with Crippen LogP contribution in [0.2, 0.25) is 0 Å². The van der Waals surface area contributed by atoms with Gasteiger partial charge in [-0.3, -0.25) is 14.7 Å². The highest BCUT2D eigenvalue weighted by Crippen LogP contribution is 2.11. The molecule has 1 amide bonds. The summed E-state index contributed by atoms with van der Waals surface area (Å²) in [5.74, 6) is 0.138. The maximum absolute atomic E-state index is 12.1. The molecule has 2 heterocycles. The smallest absolute Gasteiger partial charge is 0.277 e. The number of rotatable bonds is 6. The molecule has 0 atom stereocenters. The Morgan fingerprint density at radius 1 is 1.48 bits per heavy atom. The minimum atomic E-state index is -0.403. The molecule has 0 saturated carbocycles. The molecule has 2 rings (SSSR count). The summed E-state index contributed by atoms with van der Waals surface area (Å²) in [6.07, 6.45) is 2.40. The number of hydrogen-bond acceptors (Lipinski definition) is 5. The van der Waals surface area contributed by atoms with Crippen LogP contribution in [-0.2, 0) is 17.7 Å². The number of H-pyrrole nitrogens is 1. The molecule has 2 aromatic heterocycles. The summed E-state index contributed by atoms with van der Waals surface area (Å²) in [6.45, 7) is 2.60. The molecule has 0 fully saturated rings. The maximum Gasteiger partial charge on any atom is 0.277 e. The third kappa shape index (κ3) is 3.54. The second kappa shape index (κ2) is 6.80. The van der Waals surface area contributed by atoms with Gasteiger partial charge in [-0.25, -0.2) is 4.68 Å². The van der Waals surface area contributed by atoms with Crippen molar-refractivity contribution in [2.75, 3.05) is 19.0 Å². The second-order valence-corrected chi connectivity index (χ2v) is 4.35. The topological polar surface area (TPSA) is 102 Å². The van der Waals surface area contributed by atoms with Gasteiger partial charge in [-0.15, -0.1) is 0 Å². The molecule has 0 aliphatic carbocycles. The van der Waals surface area contributed by atoms with E-state index in [2.05, 4.69) is 20.6 Å². The number of aryl methyl sites for hydroxylation is 1. The Kier molecular flexibility index (Phi) is 4.83. The first-order valence-electron chi connectivity index (χ1n) is 6.56. The van der Waals surface area contributed by atoms with Crippen LogP contribution in [0.3, 0.4) is 0 Å². The van der Waals surface area contributed by atoms with Crippen molar-refractivity contribution in [3.63, 3.8) is 0 Å². The standard InChI is InChI=1S/C13H17N5O3/c1-3-9-8-14-16-12(9)15-13(20)10-4-5-11(19)18(17-10)6-7-21-2/h4-5,8H,3,6-7H2,1-2H3,(H2,14,15,16,20). The highest BCUT2D eigenvalue weighted by molar-refractivity contribution is 6.02. The number of carbonyl (C=O) groups excluding carboxylic acids is 1. The van der Waals surface area contributed by atoms with Gasteiger partial charge in [0.05, 0.1) is 19.3 Å². The first-order chi connectivity index (χ1) is 10.2. The minimum absolute atomic E-state index is 0.155. The van der Waals surface area contributed by atoms with Crippen LogP contribution in [0.15, 0.2) is 23.1 Å². The van der Waals surface area contributed by atoms with Crippen molar-refractivity contribution >= 4 is 11.7 Å². The Labute approximate surface area is 121 Å². The lowest BCUT2D eigenvalue weighted by Crippen LogP contribution is -2.27. The van der Waals surface area contributed by atoms with Gasteiger partial charge < -0.3 is 10.1 Å². The van der Waals surface area contributed by atoms with Crippen LogP contribution in [0, 0.1) is 0 Å². The van der Waals surface area contributed by atoms with Gasteiger partial charge in [0.1, 0.15) is 11.5 Å². The van der Waals surface area contributed by atoms with Crippen LogP contribution in [0.5, 0.6) is 0 Å². The van der Waals surface area contributed by atoms with E-state index in [0.717, 1.165) is 12.0 Å². The number of amides is 1. The highest BCUT2D eigenvalue weighted by Gasteiger charge is 2.12. The van der Waals surface area contributed by atoms with Crippen molar-refractivity contribution in [1.29, 1.82) is 0 Å². The molecule has 112 valence electrons. The molecular formula is C13H17N5O3. The van der Waals surface area contributed by atoms with Crippen molar-refractivity contribution in [2.24, 2.45) is 0 Å². The summed E-state index contributed by atoms with van der Waals surface area (Å²) < 4.78 is 6.10. The van der Waals surface area contributed by atoms with E-state index in [1.54, 1.807) is 6.20 Å². The fourth-order valence-electron chi connectivity index (χ4n) is 1.77. The van der Waals surface area contributed by atoms with Crippen LogP contribution in [0.25, 0.3) is 0 Å². The van der Waals surface area contributed by atoms with Gasteiger partial charge in [0.2, 0.25) is 0 Å². The van der Waals surface area contributed by atoms with E-state index in [4.69, 9.17) is 4.74 Å². The molecule has 0 aliphatic heterocycles. The molecule has 0 unspecified atom stereocenters. The first-order valence-corrected chi connectivity index (χ1v) is 6.56. The summed E-state index contributed by atoms with van der Waals surface area (Å²) in [4.78, 5) is 23.8.